The number of hydrogen-bond donors (Lipinski definition) is 6. The van der Waals surface area contributed by atoms with Crippen molar-refractivity contribution in [1.82, 2.24) is 18.5 Å². The van der Waals surface area contributed by atoms with Crippen LogP contribution < -0.4 is 18.5 Å². The molecular weight excluding hydrogens is 229 g/mol. The van der Waals surface area contributed by atoms with Crippen LogP contribution in [0.4, 0.5) is 0 Å². The highest BCUT2D eigenvalue weighted by molar-refractivity contribution is 6.30. The fourth-order valence-corrected chi connectivity index (χ4v) is 0. The van der Waals surface area contributed by atoms with E-state index in [1.807, 2.05) is 0 Å². The average Bonchev–Trinajstić information content (AvgIpc) is 0.811. The minimum Gasteiger partial charge on any atom is -0.412 e. The lowest BCUT2D eigenvalue weighted by atomic mass is 10.3. The summed E-state index contributed by atoms with van der Waals surface area (Å²) in [5.41, 5.74) is 0. The summed E-state index contributed by atoms with van der Waals surface area (Å²) in [5.74, 6) is 0. The van der Waals surface area contributed by atoms with E-state index in [1.54, 1.807) is 0 Å². The minimum atomic E-state index is -2.17. The molecule has 0 heterocycles. The zero-order valence-electron chi connectivity index (χ0n) is 8.04. The van der Waals surface area contributed by atoms with E-state index >= 15 is 0 Å². The molecule has 28 N–H and O–H groups in total. The highest BCUT2D eigenvalue weighted by Crippen LogP contribution is 1.40. The first kappa shape index (κ1) is 422. The largest absolute Gasteiger partial charge is 0.631 e. The van der Waals surface area contributed by atoms with Crippen LogP contribution in [0.3, 0.4) is 0 Å². The molecule has 0 fully saturated rings. The van der Waals surface area contributed by atoms with E-state index < -0.39 is 7.32 Å². The SMILES string of the molecule is N.N.N.O.O.O.O.O.O.O.O.OB(O)O. The third-order valence-corrected chi connectivity index (χ3v) is 0. The van der Waals surface area contributed by atoms with E-state index in [0.717, 1.165) is 0 Å². The number of hydrogen-bond acceptors (Lipinski definition) is 6. The molecule has 0 amide bonds. The molecule has 14 nitrogen and oxygen atoms in total. The summed E-state index contributed by atoms with van der Waals surface area (Å²) in [6.45, 7) is 0. The first-order valence-electron chi connectivity index (χ1n) is 0.775. The van der Waals surface area contributed by atoms with Gasteiger partial charge in [-0.05, 0) is 0 Å². The van der Waals surface area contributed by atoms with Gasteiger partial charge in [-0.3, -0.25) is 0 Å². The molecule has 15 heavy (non-hydrogen) atoms. The van der Waals surface area contributed by atoms with Crippen molar-refractivity contribution in [3.8, 4) is 0 Å². The van der Waals surface area contributed by atoms with Crippen molar-refractivity contribution in [2.75, 3.05) is 0 Å². The maximum atomic E-state index is 7.17. The predicted octanol–water partition coefficient (Wildman–Crippen LogP) is -8.16. The van der Waals surface area contributed by atoms with Gasteiger partial charge < -0.3 is 77.3 Å². The summed E-state index contributed by atoms with van der Waals surface area (Å²) < 4.78 is 0. The Labute approximate surface area is 85.9 Å². The first-order chi connectivity index (χ1) is 1.73. The van der Waals surface area contributed by atoms with Gasteiger partial charge in [-0.1, -0.05) is 0 Å². The molecule has 0 aliphatic carbocycles. The summed E-state index contributed by atoms with van der Waals surface area (Å²) in [4.78, 5) is 0. The Morgan fingerprint density at radius 1 is 0.400 bits per heavy atom. The van der Waals surface area contributed by atoms with Crippen LogP contribution in [-0.4, -0.2) is 66.2 Å². The van der Waals surface area contributed by atoms with Crippen LogP contribution >= 0.6 is 0 Å². The Morgan fingerprint density at radius 2 is 0.400 bits per heavy atom. The smallest absolute Gasteiger partial charge is 0.412 e. The summed E-state index contributed by atoms with van der Waals surface area (Å²) in [6.07, 6.45) is 0. The molecule has 112 valence electrons. The van der Waals surface area contributed by atoms with Gasteiger partial charge in [0, 0.05) is 0 Å². The van der Waals surface area contributed by atoms with Gasteiger partial charge in [-0.2, -0.15) is 0 Å². The van der Waals surface area contributed by atoms with E-state index in [9.17, 15) is 0 Å². The van der Waals surface area contributed by atoms with E-state index in [0.29, 0.717) is 0 Å². The Bertz CT molecular complexity index is 20.5. The summed E-state index contributed by atoms with van der Waals surface area (Å²) >= 11 is 0. The second-order valence-electron chi connectivity index (χ2n) is 0.346. The zero-order valence-corrected chi connectivity index (χ0v) is 8.04. The van der Waals surface area contributed by atoms with Crippen molar-refractivity contribution in [2.24, 2.45) is 0 Å². The van der Waals surface area contributed by atoms with E-state index in [4.69, 9.17) is 15.1 Å². The molecule has 0 aromatic carbocycles. The average molecular weight is 257 g/mol. The molecule has 0 radical (unpaired) electrons. The van der Waals surface area contributed by atoms with Gasteiger partial charge in [0.1, 0.15) is 0 Å². The summed E-state index contributed by atoms with van der Waals surface area (Å²) in [7, 11) is -2.17. The van der Waals surface area contributed by atoms with Crippen molar-refractivity contribution in [3.63, 3.8) is 0 Å². The fraction of sp³-hybridized carbons (Fsp3) is 0. The van der Waals surface area contributed by atoms with Crippen molar-refractivity contribution in [2.45, 2.75) is 0 Å². The topological polar surface area (TPSA) is 418 Å². The van der Waals surface area contributed by atoms with E-state index in [2.05, 4.69) is 0 Å². The highest BCUT2D eigenvalue weighted by atomic mass is 16.5. The third-order valence-electron chi connectivity index (χ3n) is 0. The van der Waals surface area contributed by atoms with Crippen LogP contribution in [0.15, 0.2) is 0 Å². The van der Waals surface area contributed by atoms with Crippen LogP contribution in [0.1, 0.15) is 0 Å². The summed E-state index contributed by atoms with van der Waals surface area (Å²) in [5, 5.41) is 21.5. The normalized spacial score (nSPS) is 1.80. The maximum Gasteiger partial charge on any atom is 0.631 e. The molecule has 0 aromatic rings. The fourth-order valence-electron chi connectivity index (χ4n) is 0. The van der Waals surface area contributed by atoms with Crippen LogP contribution in [0.25, 0.3) is 0 Å². The molecule has 0 atom stereocenters. The monoisotopic (exact) mass is 257 g/mol. The molecule has 0 spiro atoms. The molecule has 0 rings (SSSR count). The Balaban J connectivity index is -0.000000000818. The number of rotatable bonds is 0. The molecule has 0 saturated heterocycles. The van der Waals surface area contributed by atoms with Gasteiger partial charge in [-0.15, -0.1) is 0 Å². The van der Waals surface area contributed by atoms with Crippen LogP contribution in [-0.2, 0) is 0 Å². The van der Waals surface area contributed by atoms with Crippen molar-refractivity contribution >= 4 is 7.32 Å². The lowest BCUT2D eigenvalue weighted by Gasteiger charge is -1.69. The lowest BCUT2D eigenvalue weighted by Crippen LogP contribution is -2.07. The van der Waals surface area contributed by atoms with Crippen LogP contribution in [0.5, 0.6) is 0 Å². The molecule has 0 saturated carbocycles. The Hall–Kier alpha value is -0.495. The third kappa shape index (κ3) is 7290. The maximum absolute atomic E-state index is 7.17. The molecule has 0 aliphatic rings. The highest BCUT2D eigenvalue weighted by Gasteiger charge is 1.92. The van der Waals surface area contributed by atoms with E-state index in [-0.39, 0.29) is 62.3 Å². The van der Waals surface area contributed by atoms with Gasteiger partial charge in [0.15, 0.2) is 0 Å². The second kappa shape index (κ2) is 337. The summed E-state index contributed by atoms with van der Waals surface area (Å²) in [6, 6.07) is 0. The van der Waals surface area contributed by atoms with Crippen molar-refractivity contribution in [1.29, 1.82) is 0 Å². The van der Waals surface area contributed by atoms with Crippen LogP contribution in [0, 0.1) is 0 Å². The standard InChI is InChI=1S/BH3O3.3H3N.8H2O/c2-1(3)4;;;;;;;;;;;/h2-4H;3*1H3;8*1H2. The molecular formula is H28BN3O11. The molecule has 0 aromatic heterocycles. The minimum absolute atomic E-state index is 0. The lowest BCUT2D eigenvalue weighted by molar-refractivity contribution is 0.278. The quantitative estimate of drug-likeness (QED) is 0.228. The molecule has 15 heteroatoms. The van der Waals surface area contributed by atoms with Crippen LogP contribution in [0.2, 0.25) is 0 Å². The molecule has 0 unspecified atom stereocenters. The second-order valence-corrected chi connectivity index (χ2v) is 0.346. The zero-order chi connectivity index (χ0) is 3.58. The van der Waals surface area contributed by atoms with Gasteiger partial charge in [0.2, 0.25) is 0 Å². The van der Waals surface area contributed by atoms with Crippen molar-refractivity contribution < 1.29 is 58.9 Å². The Kier molecular flexibility index (Phi) is 9460. The molecule has 0 aliphatic heterocycles. The van der Waals surface area contributed by atoms with Gasteiger partial charge in [-0.25, -0.2) is 0 Å². The van der Waals surface area contributed by atoms with Crippen molar-refractivity contribution in [3.05, 3.63) is 0 Å². The van der Waals surface area contributed by atoms with E-state index in [1.165, 1.54) is 0 Å². The first-order valence-corrected chi connectivity index (χ1v) is 0.775. The van der Waals surface area contributed by atoms with Gasteiger partial charge >= 0.3 is 7.32 Å². The van der Waals surface area contributed by atoms with Gasteiger partial charge in [0.05, 0.1) is 0 Å². The van der Waals surface area contributed by atoms with Gasteiger partial charge in [0.25, 0.3) is 0 Å². The molecule has 0 bridgehead atoms. The Morgan fingerprint density at radius 3 is 0.400 bits per heavy atom. The predicted molar refractivity (Wildman–Crippen MR) is 56.4 cm³/mol.